The molecule has 20 heavy (non-hydrogen) atoms. The van der Waals surface area contributed by atoms with Crippen molar-refractivity contribution < 1.29 is 4.39 Å². The van der Waals surface area contributed by atoms with Crippen LogP contribution in [0.2, 0.25) is 0 Å². The van der Waals surface area contributed by atoms with Gasteiger partial charge in [-0.25, -0.2) is 9.82 Å². The van der Waals surface area contributed by atoms with Crippen molar-refractivity contribution in [3.63, 3.8) is 0 Å². The highest BCUT2D eigenvalue weighted by molar-refractivity contribution is 5.85. The van der Waals surface area contributed by atoms with Crippen LogP contribution in [0.3, 0.4) is 0 Å². The van der Waals surface area contributed by atoms with E-state index in [1.165, 1.54) is 12.3 Å². The molecule has 2 aromatic heterocycles. The van der Waals surface area contributed by atoms with Gasteiger partial charge in [-0.3, -0.25) is 15.8 Å². The van der Waals surface area contributed by atoms with E-state index in [0.29, 0.717) is 5.56 Å². The molecule has 5 heteroatoms. The van der Waals surface area contributed by atoms with E-state index in [4.69, 9.17) is 5.84 Å². The van der Waals surface area contributed by atoms with Gasteiger partial charge in [-0.1, -0.05) is 24.3 Å². The lowest BCUT2D eigenvalue weighted by atomic mass is 9.97. The molecule has 3 rings (SSSR count). The fourth-order valence-corrected chi connectivity index (χ4v) is 2.32. The predicted octanol–water partition coefficient (Wildman–Crippen LogP) is 2.32. The van der Waals surface area contributed by atoms with Gasteiger partial charge in [0.2, 0.25) is 0 Å². The van der Waals surface area contributed by atoms with Crippen molar-refractivity contribution in [3.8, 4) is 0 Å². The van der Waals surface area contributed by atoms with Crippen LogP contribution in [0.15, 0.2) is 55.1 Å². The number of nitrogens with zero attached hydrogens (tertiary/aromatic N) is 2. The van der Waals surface area contributed by atoms with Gasteiger partial charge in [-0.15, -0.1) is 0 Å². The first-order valence-corrected chi connectivity index (χ1v) is 6.19. The highest BCUT2D eigenvalue weighted by atomic mass is 19.1. The Hall–Kier alpha value is -2.37. The van der Waals surface area contributed by atoms with Crippen LogP contribution in [-0.4, -0.2) is 9.97 Å². The number of nitrogens with two attached hydrogens (primary N) is 1. The maximum absolute atomic E-state index is 13.3. The highest BCUT2D eigenvalue weighted by Gasteiger charge is 2.16. The number of nitrogens with one attached hydrogen (secondary N) is 1. The third-order valence-corrected chi connectivity index (χ3v) is 3.24. The lowest BCUT2D eigenvalue weighted by molar-refractivity contribution is 0.598. The van der Waals surface area contributed by atoms with Crippen LogP contribution >= 0.6 is 0 Å². The standard InChI is InChI=1S/C15H13FN4/c16-12-5-11(7-18-8-12)15(20-17)14-9-19-6-10-3-1-2-4-13(10)14/h1-9,15,20H,17H2. The first-order valence-electron chi connectivity index (χ1n) is 6.19. The zero-order chi connectivity index (χ0) is 13.9. The highest BCUT2D eigenvalue weighted by Crippen LogP contribution is 2.27. The van der Waals surface area contributed by atoms with E-state index in [2.05, 4.69) is 15.4 Å². The number of halogens is 1. The smallest absolute Gasteiger partial charge is 0.141 e. The van der Waals surface area contributed by atoms with Crippen molar-refractivity contribution in [1.82, 2.24) is 15.4 Å². The monoisotopic (exact) mass is 268 g/mol. The van der Waals surface area contributed by atoms with Crippen LogP contribution in [-0.2, 0) is 0 Å². The molecular weight excluding hydrogens is 255 g/mol. The summed E-state index contributed by atoms with van der Waals surface area (Å²) in [5.41, 5.74) is 4.25. The van der Waals surface area contributed by atoms with Crippen LogP contribution in [0.1, 0.15) is 17.2 Å². The Morgan fingerprint density at radius 1 is 1.05 bits per heavy atom. The fourth-order valence-electron chi connectivity index (χ4n) is 2.32. The van der Waals surface area contributed by atoms with Gasteiger partial charge in [0, 0.05) is 29.5 Å². The molecule has 0 spiro atoms. The zero-order valence-corrected chi connectivity index (χ0v) is 10.6. The summed E-state index contributed by atoms with van der Waals surface area (Å²) in [7, 11) is 0. The van der Waals surface area contributed by atoms with E-state index in [1.807, 2.05) is 24.3 Å². The summed E-state index contributed by atoms with van der Waals surface area (Å²) < 4.78 is 13.3. The lowest BCUT2D eigenvalue weighted by Gasteiger charge is -2.18. The van der Waals surface area contributed by atoms with Gasteiger partial charge in [-0.05, 0) is 17.0 Å². The molecule has 0 saturated carbocycles. The molecule has 0 aliphatic carbocycles. The van der Waals surface area contributed by atoms with Crippen molar-refractivity contribution in [1.29, 1.82) is 0 Å². The molecule has 0 fully saturated rings. The number of rotatable bonds is 3. The summed E-state index contributed by atoms with van der Waals surface area (Å²) in [5.74, 6) is 5.26. The summed E-state index contributed by atoms with van der Waals surface area (Å²) in [6.45, 7) is 0. The summed E-state index contributed by atoms with van der Waals surface area (Å²) in [4.78, 5) is 8.09. The van der Waals surface area contributed by atoms with Gasteiger partial charge in [-0.2, -0.15) is 0 Å². The topological polar surface area (TPSA) is 63.8 Å². The molecule has 0 saturated heterocycles. The normalized spacial score (nSPS) is 12.5. The second-order valence-electron chi connectivity index (χ2n) is 4.49. The Kier molecular flexibility index (Phi) is 3.37. The van der Waals surface area contributed by atoms with E-state index >= 15 is 0 Å². The van der Waals surface area contributed by atoms with Gasteiger partial charge in [0.15, 0.2) is 0 Å². The molecule has 0 aliphatic rings. The molecule has 1 atom stereocenters. The summed E-state index contributed by atoms with van der Waals surface area (Å²) >= 11 is 0. The first-order chi connectivity index (χ1) is 9.79. The maximum Gasteiger partial charge on any atom is 0.141 e. The minimum absolute atomic E-state index is 0.364. The molecule has 0 bridgehead atoms. The number of hydrogen-bond acceptors (Lipinski definition) is 4. The average Bonchev–Trinajstić information content (AvgIpc) is 2.48. The molecule has 3 N–H and O–H groups in total. The minimum atomic E-state index is -0.393. The third-order valence-electron chi connectivity index (χ3n) is 3.24. The molecular formula is C15H13FN4. The second kappa shape index (κ2) is 5.32. The maximum atomic E-state index is 13.3. The van der Waals surface area contributed by atoms with E-state index in [1.54, 1.807) is 18.6 Å². The Bertz CT molecular complexity index is 739. The zero-order valence-electron chi connectivity index (χ0n) is 10.6. The lowest BCUT2D eigenvalue weighted by Crippen LogP contribution is -2.29. The molecule has 2 heterocycles. The van der Waals surface area contributed by atoms with Gasteiger partial charge >= 0.3 is 0 Å². The Morgan fingerprint density at radius 2 is 1.85 bits per heavy atom. The van der Waals surface area contributed by atoms with Gasteiger partial charge < -0.3 is 0 Å². The van der Waals surface area contributed by atoms with Crippen LogP contribution < -0.4 is 11.3 Å². The van der Waals surface area contributed by atoms with Crippen molar-refractivity contribution in [2.24, 2.45) is 5.84 Å². The van der Waals surface area contributed by atoms with Crippen molar-refractivity contribution >= 4 is 10.8 Å². The Balaban J connectivity index is 2.17. The van der Waals surface area contributed by atoms with Crippen molar-refractivity contribution in [2.45, 2.75) is 6.04 Å². The molecule has 1 aromatic carbocycles. The predicted molar refractivity (Wildman–Crippen MR) is 75.1 cm³/mol. The van der Waals surface area contributed by atoms with Gasteiger partial charge in [0.25, 0.3) is 0 Å². The average molecular weight is 268 g/mol. The van der Waals surface area contributed by atoms with Crippen LogP contribution in [0.5, 0.6) is 0 Å². The molecule has 100 valence electrons. The number of aromatic nitrogens is 2. The Morgan fingerprint density at radius 3 is 2.65 bits per heavy atom. The van der Waals surface area contributed by atoms with Crippen molar-refractivity contribution in [2.75, 3.05) is 0 Å². The largest absolute Gasteiger partial charge is 0.271 e. The first kappa shape index (κ1) is 12.7. The second-order valence-corrected chi connectivity index (χ2v) is 4.49. The number of fused-ring (bicyclic) bond motifs is 1. The van der Waals surface area contributed by atoms with Crippen LogP contribution in [0.25, 0.3) is 10.8 Å². The van der Waals surface area contributed by atoms with Crippen molar-refractivity contribution in [3.05, 3.63) is 72.1 Å². The molecule has 0 aliphatic heterocycles. The summed E-state index contributed by atoms with van der Waals surface area (Å²) in [5, 5.41) is 2.03. The molecule has 0 radical (unpaired) electrons. The number of pyridine rings is 2. The quantitative estimate of drug-likeness (QED) is 0.565. The Labute approximate surface area is 115 Å². The molecule has 3 aromatic rings. The molecule has 4 nitrogen and oxygen atoms in total. The fraction of sp³-hybridized carbons (Fsp3) is 0.0667. The van der Waals surface area contributed by atoms with Gasteiger partial charge in [0.05, 0.1) is 12.2 Å². The van der Waals surface area contributed by atoms with Crippen LogP contribution in [0.4, 0.5) is 4.39 Å². The van der Waals surface area contributed by atoms with E-state index in [9.17, 15) is 4.39 Å². The van der Waals surface area contributed by atoms with E-state index in [0.717, 1.165) is 16.3 Å². The summed E-state index contributed by atoms with van der Waals surface area (Å²) in [6.07, 6.45) is 6.28. The molecule has 1 unspecified atom stereocenters. The number of hydrogen-bond donors (Lipinski definition) is 2. The molecule has 0 amide bonds. The summed E-state index contributed by atoms with van der Waals surface area (Å²) in [6, 6.07) is 8.91. The van der Waals surface area contributed by atoms with Gasteiger partial charge in [0.1, 0.15) is 5.82 Å². The van der Waals surface area contributed by atoms with E-state index < -0.39 is 5.82 Å². The number of hydrazine groups is 1. The number of benzene rings is 1. The minimum Gasteiger partial charge on any atom is -0.271 e. The van der Waals surface area contributed by atoms with E-state index in [-0.39, 0.29) is 6.04 Å². The SMILES string of the molecule is NNC(c1cncc(F)c1)c1cncc2ccccc12. The van der Waals surface area contributed by atoms with Crippen LogP contribution in [0, 0.1) is 5.82 Å². The third kappa shape index (κ3) is 2.24.